The van der Waals surface area contributed by atoms with Gasteiger partial charge in [0, 0.05) is 12.6 Å². The largest absolute Gasteiger partial charge is 0.461 e. The molecule has 27 heavy (non-hydrogen) atoms. The van der Waals surface area contributed by atoms with Crippen LogP contribution in [0.4, 0.5) is 0 Å². The van der Waals surface area contributed by atoms with Gasteiger partial charge in [-0.1, -0.05) is 13.8 Å². The zero-order valence-corrected chi connectivity index (χ0v) is 17.0. The van der Waals surface area contributed by atoms with E-state index in [1.165, 1.54) is 6.42 Å². The Bertz CT molecular complexity index is 661. The normalized spacial score (nSPS) is 13.1. The molecule has 0 aromatic carbocycles. The number of aliphatic imine (C=N–C) groups is 1. The predicted octanol–water partition coefficient (Wildman–Crippen LogP) is 2.63. The van der Waals surface area contributed by atoms with E-state index in [1.54, 1.807) is 6.26 Å². The van der Waals surface area contributed by atoms with E-state index in [9.17, 15) is 0 Å². The van der Waals surface area contributed by atoms with Crippen molar-refractivity contribution in [3.8, 4) is 11.6 Å². The highest BCUT2D eigenvalue weighted by Crippen LogP contribution is 2.14. The number of rotatable bonds is 11. The smallest absolute Gasteiger partial charge is 0.216 e. The lowest BCUT2D eigenvalue weighted by Crippen LogP contribution is -2.42. The third-order valence-corrected chi connectivity index (χ3v) is 4.39. The standard InChI is InChI=1S/C19H33N7O/c1-5-20-19(22-15(4)10-8-12-26(6-2)7-3)21-14-17-23-18(25-24-17)16-11-9-13-27-16/h9,11,13,15H,5-8,10,12,14H2,1-4H3,(H2,20,21,22)(H,23,24,25). The average molecular weight is 376 g/mol. The first-order chi connectivity index (χ1) is 13.2. The van der Waals surface area contributed by atoms with Gasteiger partial charge in [0.25, 0.3) is 0 Å². The number of nitrogens with zero attached hydrogens (tertiary/aromatic N) is 4. The van der Waals surface area contributed by atoms with E-state index in [-0.39, 0.29) is 0 Å². The Morgan fingerprint density at radius 1 is 1.33 bits per heavy atom. The third-order valence-electron chi connectivity index (χ3n) is 4.39. The summed E-state index contributed by atoms with van der Waals surface area (Å²) in [5.74, 6) is 2.69. The van der Waals surface area contributed by atoms with Crippen molar-refractivity contribution in [2.45, 2.75) is 53.1 Å². The van der Waals surface area contributed by atoms with Gasteiger partial charge in [-0.15, -0.1) is 5.10 Å². The average Bonchev–Trinajstić information content (AvgIpc) is 3.35. The molecule has 0 bridgehead atoms. The van der Waals surface area contributed by atoms with Crippen molar-refractivity contribution >= 4 is 5.96 Å². The molecule has 0 aliphatic rings. The molecule has 0 aliphatic carbocycles. The van der Waals surface area contributed by atoms with Gasteiger partial charge in [-0.25, -0.2) is 9.98 Å². The summed E-state index contributed by atoms with van der Waals surface area (Å²) in [6.07, 6.45) is 3.88. The summed E-state index contributed by atoms with van der Waals surface area (Å²) in [4.78, 5) is 11.5. The van der Waals surface area contributed by atoms with Crippen molar-refractivity contribution in [1.82, 2.24) is 30.7 Å². The van der Waals surface area contributed by atoms with Crippen LogP contribution in [-0.4, -0.2) is 58.3 Å². The van der Waals surface area contributed by atoms with E-state index in [0.717, 1.165) is 38.6 Å². The molecule has 1 unspecified atom stereocenters. The highest BCUT2D eigenvalue weighted by atomic mass is 16.3. The van der Waals surface area contributed by atoms with Crippen molar-refractivity contribution in [1.29, 1.82) is 0 Å². The van der Waals surface area contributed by atoms with Crippen molar-refractivity contribution in [2.24, 2.45) is 4.99 Å². The summed E-state index contributed by atoms with van der Waals surface area (Å²) < 4.78 is 5.31. The summed E-state index contributed by atoms with van der Waals surface area (Å²) in [5.41, 5.74) is 0. The van der Waals surface area contributed by atoms with Gasteiger partial charge in [0.2, 0.25) is 5.82 Å². The highest BCUT2D eigenvalue weighted by molar-refractivity contribution is 5.79. The molecule has 0 radical (unpaired) electrons. The van der Waals surface area contributed by atoms with Crippen molar-refractivity contribution in [3.63, 3.8) is 0 Å². The molecule has 0 spiro atoms. The lowest BCUT2D eigenvalue weighted by molar-refractivity contribution is 0.292. The molecule has 2 aromatic heterocycles. The molecule has 2 heterocycles. The Morgan fingerprint density at radius 2 is 2.15 bits per heavy atom. The first-order valence-electron chi connectivity index (χ1n) is 9.88. The van der Waals surface area contributed by atoms with Crippen LogP contribution >= 0.6 is 0 Å². The second-order valence-corrected chi connectivity index (χ2v) is 6.49. The lowest BCUT2D eigenvalue weighted by Gasteiger charge is -2.21. The van der Waals surface area contributed by atoms with Crippen LogP contribution in [0.15, 0.2) is 27.8 Å². The van der Waals surface area contributed by atoms with Gasteiger partial charge in [0.15, 0.2) is 11.7 Å². The van der Waals surface area contributed by atoms with E-state index in [0.29, 0.717) is 30.0 Å². The lowest BCUT2D eigenvalue weighted by atomic mass is 10.2. The maximum absolute atomic E-state index is 5.31. The number of guanidine groups is 1. The molecule has 3 N–H and O–H groups in total. The molecule has 0 aliphatic heterocycles. The van der Waals surface area contributed by atoms with Crippen LogP contribution in [0.5, 0.6) is 0 Å². The fourth-order valence-corrected chi connectivity index (χ4v) is 2.82. The Hall–Kier alpha value is -2.35. The molecular weight excluding hydrogens is 342 g/mol. The topological polar surface area (TPSA) is 94.4 Å². The minimum Gasteiger partial charge on any atom is -0.461 e. The minimum atomic E-state index is 0.353. The molecule has 0 saturated heterocycles. The maximum Gasteiger partial charge on any atom is 0.216 e. The molecule has 2 rings (SSSR count). The number of hydrogen-bond acceptors (Lipinski definition) is 5. The van der Waals surface area contributed by atoms with Crippen molar-refractivity contribution < 1.29 is 4.42 Å². The number of aromatic nitrogens is 3. The van der Waals surface area contributed by atoms with Crippen LogP contribution < -0.4 is 10.6 Å². The van der Waals surface area contributed by atoms with Gasteiger partial charge in [-0.2, -0.15) is 0 Å². The fourth-order valence-electron chi connectivity index (χ4n) is 2.82. The van der Waals surface area contributed by atoms with E-state index >= 15 is 0 Å². The molecular formula is C19H33N7O. The monoisotopic (exact) mass is 375 g/mol. The van der Waals surface area contributed by atoms with E-state index in [2.05, 4.69) is 63.4 Å². The van der Waals surface area contributed by atoms with Gasteiger partial charge in [-0.3, -0.25) is 5.10 Å². The van der Waals surface area contributed by atoms with Crippen LogP contribution in [0.2, 0.25) is 0 Å². The quantitative estimate of drug-likeness (QED) is 0.413. The highest BCUT2D eigenvalue weighted by Gasteiger charge is 2.09. The summed E-state index contributed by atoms with van der Waals surface area (Å²) in [5, 5.41) is 13.8. The second-order valence-electron chi connectivity index (χ2n) is 6.49. The SMILES string of the molecule is CCNC(=NCc1nc(-c2ccco2)n[nH]1)NC(C)CCCN(CC)CC. The van der Waals surface area contributed by atoms with E-state index in [1.807, 2.05) is 12.1 Å². The molecule has 8 heteroatoms. The van der Waals surface area contributed by atoms with Crippen LogP contribution in [0, 0.1) is 0 Å². The van der Waals surface area contributed by atoms with Crippen LogP contribution in [0.3, 0.4) is 0 Å². The second kappa shape index (κ2) is 11.4. The Kier molecular flexibility index (Phi) is 8.83. The first-order valence-corrected chi connectivity index (χ1v) is 9.88. The number of H-pyrrole nitrogens is 1. The number of aromatic amines is 1. The molecule has 0 fully saturated rings. The molecule has 1 atom stereocenters. The Labute approximate surface area is 161 Å². The molecule has 0 saturated carbocycles. The number of furan rings is 1. The first kappa shape index (κ1) is 21.0. The number of nitrogens with one attached hydrogen (secondary N) is 3. The summed E-state index contributed by atoms with van der Waals surface area (Å²) in [6, 6.07) is 4.01. The van der Waals surface area contributed by atoms with Crippen LogP contribution in [0.1, 0.15) is 46.4 Å². The van der Waals surface area contributed by atoms with Gasteiger partial charge >= 0.3 is 0 Å². The Morgan fingerprint density at radius 3 is 2.81 bits per heavy atom. The van der Waals surface area contributed by atoms with Crippen molar-refractivity contribution in [3.05, 3.63) is 24.2 Å². The van der Waals surface area contributed by atoms with Crippen molar-refractivity contribution in [2.75, 3.05) is 26.2 Å². The fraction of sp³-hybridized carbons (Fsp3) is 0.632. The Balaban J connectivity index is 1.84. The third kappa shape index (κ3) is 7.05. The maximum atomic E-state index is 5.31. The van der Waals surface area contributed by atoms with Gasteiger partial charge < -0.3 is 20.0 Å². The molecule has 8 nitrogen and oxygen atoms in total. The zero-order chi connectivity index (χ0) is 19.5. The van der Waals surface area contributed by atoms with E-state index in [4.69, 9.17) is 4.42 Å². The van der Waals surface area contributed by atoms with E-state index < -0.39 is 0 Å². The minimum absolute atomic E-state index is 0.353. The predicted molar refractivity (Wildman–Crippen MR) is 109 cm³/mol. The van der Waals surface area contributed by atoms with Crippen LogP contribution in [0.25, 0.3) is 11.6 Å². The molecule has 2 aromatic rings. The molecule has 0 amide bonds. The van der Waals surface area contributed by atoms with Crippen LogP contribution in [-0.2, 0) is 6.54 Å². The van der Waals surface area contributed by atoms with Gasteiger partial charge in [0.1, 0.15) is 12.4 Å². The van der Waals surface area contributed by atoms with Gasteiger partial charge in [0.05, 0.1) is 6.26 Å². The number of hydrogen-bond donors (Lipinski definition) is 3. The summed E-state index contributed by atoms with van der Waals surface area (Å²) in [7, 11) is 0. The summed E-state index contributed by atoms with van der Waals surface area (Å²) in [6.45, 7) is 13.3. The zero-order valence-electron chi connectivity index (χ0n) is 17.0. The molecule has 150 valence electrons. The van der Waals surface area contributed by atoms with Gasteiger partial charge in [-0.05, 0) is 58.5 Å². The summed E-state index contributed by atoms with van der Waals surface area (Å²) >= 11 is 0.